The van der Waals surface area contributed by atoms with E-state index in [1.165, 1.54) is 12.1 Å². The lowest BCUT2D eigenvalue weighted by Crippen LogP contribution is -2.55. The van der Waals surface area contributed by atoms with Crippen molar-refractivity contribution in [1.82, 2.24) is 19.9 Å². The maximum absolute atomic E-state index is 13.3. The molecule has 0 unspecified atom stereocenters. The van der Waals surface area contributed by atoms with Gasteiger partial charge in [0.15, 0.2) is 5.82 Å². The standard InChI is InChI=1S/C23H27FN6O2/c1-14-13-29(22(31)32-23(2,3)4)11-12-30(14)20-19-18(27-21(25)28-20)10-9-17(26-19)15-5-7-16(24)8-6-15/h5-10,14H,11-13H2,1-4H3,(H2,25,27,28)/t14-/m0/s1. The number of carbonyl (C=O) groups excluding carboxylic acids is 1. The highest BCUT2D eigenvalue weighted by molar-refractivity contribution is 5.89. The third-order valence-corrected chi connectivity index (χ3v) is 5.23. The number of amides is 1. The third-order valence-electron chi connectivity index (χ3n) is 5.23. The largest absolute Gasteiger partial charge is 0.444 e. The molecule has 3 aromatic rings. The Hall–Kier alpha value is -3.49. The number of nitrogen functional groups attached to an aromatic ring is 1. The number of ether oxygens (including phenoxy) is 1. The Morgan fingerprint density at radius 3 is 2.47 bits per heavy atom. The summed E-state index contributed by atoms with van der Waals surface area (Å²) in [5.74, 6) is 0.474. The summed E-state index contributed by atoms with van der Waals surface area (Å²) in [5.41, 5.74) is 8.15. The molecule has 1 atom stereocenters. The SMILES string of the molecule is C[C@H]1CN(C(=O)OC(C)(C)C)CCN1c1nc(N)nc2ccc(-c3ccc(F)cc3)nc12. The van der Waals surface area contributed by atoms with Crippen LogP contribution in [-0.2, 0) is 4.74 Å². The molecule has 9 heteroatoms. The van der Waals surface area contributed by atoms with Crippen LogP contribution in [0.3, 0.4) is 0 Å². The van der Waals surface area contributed by atoms with Crippen molar-refractivity contribution in [2.45, 2.75) is 39.3 Å². The van der Waals surface area contributed by atoms with Gasteiger partial charge < -0.3 is 20.3 Å². The van der Waals surface area contributed by atoms with E-state index in [4.69, 9.17) is 15.5 Å². The second kappa shape index (κ2) is 8.22. The predicted molar refractivity (Wildman–Crippen MR) is 122 cm³/mol. The maximum Gasteiger partial charge on any atom is 0.410 e. The molecule has 168 valence electrons. The van der Waals surface area contributed by atoms with Crippen LogP contribution in [0.4, 0.5) is 21.0 Å². The fourth-order valence-electron chi connectivity index (χ4n) is 3.76. The van der Waals surface area contributed by atoms with Gasteiger partial charge >= 0.3 is 6.09 Å². The van der Waals surface area contributed by atoms with Crippen LogP contribution in [0.15, 0.2) is 36.4 Å². The number of hydrogen-bond acceptors (Lipinski definition) is 7. The number of aromatic nitrogens is 3. The van der Waals surface area contributed by atoms with Gasteiger partial charge in [-0.3, -0.25) is 0 Å². The second-order valence-corrected chi connectivity index (χ2v) is 8.95. The summed E-state index contributed by atoms with van der Waals surface area (Å²) in [4.78, 5) is 29.9. The number of halogens is 1. The molecule has 1 amide bonds. The van der Waals surface area contributed by atoms with Gasteiger partial charge in [-0.25, -0.2) is 19.2 Å². The number of rotatable bonds is 2. The summed E-state index contributed by atoms with van der Waals surface area (Å²) >= 11 is 0. The van der Waals surface area contributed by atoms with E-state index in [1.807, 2.05) is 39.8 Å². The third kappa shape index (κ3) is 4.56. The number of nitrogens with two attached hydrogens (primary N) is 1. The number of carbonyl (C=O) groups is 1. The van der Waals surface area contributed by atoms with E-state index < -0.39 is 5.60 Å². The van der Waals surface area contributed by atoms with Crippen molar-refractivity contribution in [3.63, 3.8) is 0 Å². The Balaban J connectivity index is 1.65. The topological polar surface area (TPSA) is 97.5 Å². The molecule has 2 N–H and O–H groups in total. The summed E-state index contributed by atoms with van der Waals surface area (Å²) in [7, 11) is 0. The Morgan fingerprint density at radius 1 is 1.09 bits per heavy atom. The second-order valence-electron chi connectivity index (χ2n) is 8.95. The first-order chi connectivity index (χ1) is 15.1. The number of hydrogen-bond donors (Lipinski definition) is 1. The molecule has 4 rings (SSSR count). The van der Waals surface area contributed by atoms with Crippen molar-refractivity contribution in [3.8, 4) is 11.3 Å². The highest BCUT2D eigenvalue weighted by atomic mass is 19.1. The fraction of sp³-hybridized carbons (Fsp3) is 0.391. The highest BCUT2D eigenvalue weighted by Gasteiger charge is 2.31. The first-order valence-electron chi connectivity index (χ1n) is 10.6. The minimum Gasteiger partial charge on any atom is -0.444 e. The molecule has 1 aromatic carbocycles. The summed E-state index contributed by atoms with van der Waals surface area (Å²) in [6.45, 7) is 9.10. The summed E-state index contributed by atoms with van der Waals surface area (Å²) < 4.78 is 18.8. The van der Waals surface area contributed by atoms with Gasteiger partial charge in [0.25, 0.3) is 0 Å². The molecule has 1 aliphatic rings. The van der Waals surface area contributed by atoms with Gasteiger partial charge in [0, 0.05) is 31.2 Å². The molecule has 0 bridgehead atoms. The van der Waals surface area contributed by atoms with Gasteiger partial charge in [-0.15, -0.1) is 0 Å². The van der Waals surface area contributed by atoms with E-state index in [0.29, 0.717) is 42.2 Å². The van der Waals surface area contributed by atoms with E-state index in [-0.39, 0.29) is 23.9 Å². The van der Waals surface area contributed by atoms with Crippen LogP contribution in [0.1, 0.15) is 27.7 Å². The quantitative estimate of drug-likeness (QED) is 0.649. The molecule has 0 saturated carbocycles. The van der Waals surface area contributed by atoms with Crippen LogP contribution < -0.4 is 10.6 Å². The summed E-state index contributed by atoms with van der Waals surface area (Å²) in [6, 6.07) is 9.80. The zero-order valence-electron chi connectivity index (χ0n) is 18.7. The number of benzene rings is 1. The molecular formula is C23H27FN6O2. The first-order valence-corrected chi connectivity index (χ1v) is 10.6. The minimum absolute atomic E-state index is 0.0370. The van der Waals surface area contributed by atoms with E-state index in [0.717, 1.165) is 5.56 Å². The van der Waals surface area contributed by atoms with Crippen molar-refractivity contribution < 1.29 is 13.9 Å². The molecule has 0 spiro atoms. The maximum atomic E-state index is 13.3. The van der Waals surface area contributed by atoms with Crippen molar-refractivity contribution in [3.05, 3.63) is 42.2 Å². The Bertz CT molecular complexity index is 1150. The fourth-order valence-corrected chi connectivity index (χ4v) is 3.76. The van der Waals surface area contributed by atoms with Crippen molar-refractivity contribution >= 4 is 28.9 Å². The van der Waals surface area contributed by atoms with Crippen LogP contribution >= 0.6 is 0 Å². The number of pyridine rings is 1. The lowest BCUT2D eigenvalue weighted by atomic mass is 10.1. The lowest BCUT2D eigenvalue weighted by Gasteiger charge is -2.40. The zero-order chi connectivity index (χ0) is 23.0. The van der Waals surface area contributed by atoms with Crippen LogP contribution in [0, 0.1) is 5.82 Å². The van der Waals surface area contributed by atoms with Crippen LogP contribution in [0.5, 0.6) is 0 Å². The number of piperazine rings is 1. The van der Waals surface area contributed by atoms with Crippen LogP contribution in [0.25, 0.3) is 22.3 Å². The Morgan fingerprint density at radius 2 is 1.81 bits per heavy atom. The normalized spacial score (nSPS) is 17.0. The molecule has 0 radical (unpaired) electrons. The molecule has 2 aromatic heterocycles. The van der Waals surface area contributed by atoms with E-state index in [2.05, 4.69) is 14.9 Å². The van der Waals surface area contributed by atoms with Gasteiger partial charge in [-0.05, 0) is 64.1 Å². The lowest BCUT2D eigenvalue weighted by molar-refractivity contribution is 0.0218. The zero-order valence-corrected chi connectivity index (χ0v) is 18.7. The predicted octanol–water partition coefficient (Wildman–Crippen LogP) is 3.86. The average molecular weight is 439 g/mol. The van der Waals surface area contributed by atoms with Gasteiger partial charge in [-0.1, -0.05) is 0 Å². The average Bonchev–Trinajstić information content (AvgIpc) is 2.72. The number of nitrogens with zero attached hydrogens (tertiary/aromatic N) is 5. The number of fused-ring (bicyclic) bond motifs is 1. The summed E-state index contributed by atoms with van der Waals surface area (Å²) in [6.07, 6.45) is -0.326. The molecule has 1 fully saturated rings. The van der Waals surface area contributed by atoms with Gasteiger partial charge in [0.1, 0.15) is 16.9 Å². The van der Waals surface area contributed by atoms with Crippen molar-refractivity contribution in [1.29, 1.82) is 0 Å². The van der Waals surface area contributed by atoms with Crippen LogP contribution in [0.2, 0.25) is 0 Å². The minimum atomic E-state index is -0.546. The molecule has 8 nitrogen and oxygen atoms in total. The molecule has 0 aliphatic carbocycles. The van der Waals surface area contributed by atoms with Gasteiger partial charge in [0.05, 0.1) is 11.2 Å². The van der Waals surface area contributed by atoms with Crippen molar-refractivity contribution in [2.24, 2.45) is 0 Å². The highest BCUT2D eigenvalue weighted by Crippen LogP contribution is 2.29. The molecule has 3 heterocycles. The van der Waals surface area contributed by atoms with Gasteiger partial charge in [0.2, 0.25) is 5.95 Å². The summed E-state index contributed by atoms with van der Waals surface area (Å²) in [5, 5.41) is 0. The first kappa shape index (κ1) is 21.7. The molecule has 1 saturated heterocycles. The molecular weight excluding hydrogens is 411 g/mol. The monoisotopic (exact) mass is 438 g/mol. The molecule has 32 heavy (non-hydrogen) atoms. The molecule has 1 aliphatic heterocycles. The van der Waals surface area contributed by atoms with Crippen LogP contribution in [-0.4, -0.2) is 57.2 Å². The number of anilines is 2. The smallest absolute Gasteiger partial charge is 0.410 e. The van der Waals surface area contributed by atoms with E-state index in [9.17, 15) is 9.18 Å². The Labute approximate surface area is 186 Å². The Kier molecular flexibility index (Phi) is 5.58. The van der Waals surface area contributed by atoms with Crippen molar-refractivity contribution in [2.75, 3.05) is 30.3 Å². The van der Waals surface area contributed by atoms with E-state index in [1.54, 1.807) is 17.0 Å². The van der Waals surface area contributed by atoms with E-state index >= 15 is 0 Å². The van der Waals surface area contributed by atoms with Gasteiger partial charge in [-0.2, -0.15) is 4.98 Å².